The Morgan fingerprint density at radius 1 is 1.07 bits per heavy atom. The van der Waals surface area contributed by atoms with Gasteiger partial charge in [-0.1, -0.05) is 24.3 Å². The second kappa shape index (κ2) is 7.60. The van der Waals surface area contributed by atoms with Gasteiger partial charge in [0.2, 0.25) is 0 Å². The molecule has 0 aromatic heterocycles. The predicted octanol–water partition coefficient (Wildman–Crippen LogP) is 3.55. The Morgan fingerprint density at radius 3 is 2.44 bits per heavy atom. The van der Waals surface area contributed by atoms with E-state index < -0.39 is 11.7 Å². The molecule has 1 fully saturated rings. The number of rotatable bonds is 3. The minimum Gasteiger partial charge on any atom is -0.399 e. The van der Waals surface area contributed by atoms with Crippen LogP contribution in [-0.2, 0) is 12.7 Å². The summed E-state index contributed by atoms with van der Waals surface area (Å²) in [4.78, 5) is 16.5. The minimum atomic E-state index is -4.34. The molecule has 1 heterocycles. The number of halogens is 3. The fourth-order valence-electron chi connectivity index (χ4n) is 3.25. The molecule has 4 nitrogen and oxygen atoms in total. The quantitative estimate of drug-likeness (QED) is 0.833. The Kier molecular flexibility index (Phi) is 5.41. The molecule has 2 aromatic rings. The van der Waals surface area contributed by atoms with Crippen molar-refractivity contribution < 1.29 is 18.0 Å². The Labute approximate surface area is 156 Å². The van der Waals surface area contributed by atoms with Crippen LogP contribution in [-0.4, -0.2) is 41.9 Å². The highest BCUT2D eigenvalue weighted by molar-refractivity contribution is 5.96. The maximum absolute atomic E-state index is 12.8. The van der Waals surface area contributed by atoms with Crippen LogP contribution < -0.4 is 5.73 Å². The number of piperazine rings is 1. The van der Waals surface area contributed by atoms with Crippen molar-refractivity contribution in [1.29, 1.82) is 0 Å². The van der Waals surface area contributed by atoms with Crippen LogP contribution in [0.2, 0.25) is 0 Å². The summed E-state index contributed by atoms with van der Waals surface area (Å²) in [6, 6.07) is 10.7. The Bertz CT molecular complexity index is 827. The van der Waals surface area contributed by atoms with E-state index >= 15 is 0 Å². The number of hydrogen-bond acceptors (Lipinski definition) is 3. The summed E-state index contributed by atoms with van der Waals surface area (Å²) < 4.78 is 38.5. The molecule has 2 N–H and O–H groups in total. The number of anilines is 1. The molecule has 1 aliphatic heterocycles. The molecule has 0 saturated carbocycles. The van der Waals surface area contributed by atoms with Crippen molar-refractivity contribution in [2.24, 2.45) is 0 Å². The second-order valence-corrected chi connectivity index (χ2v) is 6.84. The van der Waals surface area contributed by atoms with Crippen molar-refractivity contribution >= 4 is 11.6 Å². The molecule has 144 valence electrons. The summed E-state index contributed by atoms with van der Waals surface area (Å²) in [5, 5.41) is 0. The second-order valence-electron chi connectivity index (χ2n) is 6.84. The summed E-state index contributed by atoms with van der Waals surface area (Å²) in [6.45, 7) is 4.60. The third-order valence-electron chi connectivity index (χ3n) is 4.81. The largest absolute Gasteiger partial charge is 0.416 e. The van der Waals surface area contributed by atoms with Gasteiger partial charge in [-0.05, 0) is 36.2 Å². The van der Waals surface area contributed by atoms with E-state index in [9.17, 15) is 18.0 Å². The summed E-state index contributed by atoms with van der Waals surface area (Å²) in [5.41, 5.74) is 7.80. The van der Waals surface area contributed by atoms with Gasteiger partial charge in [-0.15, -0.1) is 0 Å². The SMILES string of the molecule is Cc1ccc(N)cc1C(=O)N1CCN(Cc2cccc(C(F)(F)F)c2)CC1. The van der Waals surface area contributed by atoms with E-state index in [-0.39, 0.29) is 5.91 Å². The number of nitrogen functional groups attached to an aromatic ring is 1. The van der Waals surface area contributed by atoms with Gasteiger partial charge in [-0.25, -0.2) is 0 Å². The first-order valence-electron chi connectivity index (χ1n) is 8.78. The lowest BCUT2D eigenvalue weighted by Crippen LogP contribution is -2.48. The minimum absolute atomic E-state index is 0.0569. The van der Waals surface area contributed by atoms with Crippen molar-refractivity contribution in [2.45, 2.75) is 19.6 Å². The molecule has 0 aliphatic carbocycles. The van der Waals surface area contributed by atoms with Crippen molar-refractivity contribution in [3.8, 4) is 0 Å². The third kappa shape index (κ3) is 4.60. The number of nitrogens with two attached hydrogens (primary N) is 1. The van der Waals surface area contributed by atoms with Crippen molar-refractivity contribution in [2.75, 3.05) is 31.9 Å². The number of carbonyl (C=O) groups excluding carboxylic acids is 1. The molecule has 0 spiro atoms. The molecule has 1 aliphatic rings. The first-order valence-corrected chi connectivity index (χ1v) is 8.78. The number of carbonyl (C=O) groups is 1. The van der Waals surface area contributed by atoms with E-state index in [1.165, 1.54) is 12.1 Å². The monoisotopic (exact) mass is 377 g/mol. The zero-order chi connectivity index (χ0) is 19.6. The maximum Gasteiger partial charge on any atom is 0.416 e. The molecule has 0 unspecified atom stereocenters. The third-order valence-corrected chi connectivity index (χ3v) is 4.81. The van der Waals surface area contributed by atoms with E-state index in [1.807, 2.05) is 13.0 Å². The number of amides is 1. The first-order chi connectivity index (χ1) is 12.7. The van der Waals surface area contributed by atoms with Crippen LogP contribution in [0, 0.1) is 6.92 Å². The molecule has 0 atom stereocenters. The predicted molar refractivity (Wildman–Crippen MR) is 98.2 cm³/mol. The van der Waals surface area contributed by atoms with Crippen LogP contribution in [0.15, 0.2) is 42.5 Å². The molecule has 0 radical (unpaired) electrons. The lowest BCUT2D eigenvalue weighted by atomic mass is 10.1. The first kappa shape index (κ1) is 19.2. The van der Waals surface area contributed by atoms with Crippen molar-refractivity contribution in [1.82, 2.24) is 9.80 Å². The van der Waals surface area contributed by atoms with Gasteiger partial charge in [0.1, 0.15) is 0 Å². The van der Waals surface area contributed by atoms with E-state index in [2.05, 4.69) is 4.90 Å². The van der Waals surface area contributed by atoms with Crippen molar-refractivity contribution in [3.63, 3.8) is 0 Å². The molecule has 0 bridgehead atoms. The normalized spacial score (nSPS) is 15.8. The molecule has 27 heavy (non-hydrogen) atoms. The van der Waals surface area contributed by atoms with Crippen LogP contribution in [0.3, 0.4) is 0 Å². The van der Waals surface area contributed by atoms with Crippen molar-refractivity contribution in [3.05, 3.63) is 64.7 Å². The van der Waals surface area contributed by atoms with E-state index in [4.69, 9.17) is 5.73 Å². The summed E-state index contributed by atoms with van der Waals surface area (Å²) in [5.74, 6) is -0.0569. The highest BCUT2D eigenvalue weighted by Gasteiger charge is 2.30. The molecule has 1 amide bonds. The maximum atomic E-state index is 12.8. The van der Waals surface area contributed by atoms with Gasteiger partial charge in [-0.2, -0.15) is 13.2 Å². The average Bonchev–Trinajstić information content (AvgIpc) is 2.63. The van der Waals surface area contributed by atoms with Crippen LogP contribution in [0.1, 0.15) is 27.0 Å². The van der Waals surface area contributed by atoms with Gasteiger partial charge in [0.25, 0.3) is 5.91 Å². The van der Waals surface area contributed by atoms with Gasteiger partial charge in [-0.3, -0.25) is 9.69 Å². The average molecular weight is 377 g/mol. The number of hydrogen-bond donors (Lipinski definition) is 1. The molecular weight excluding hydrogens is 355 g/mol. The Morgan fingerprint density at radius 2 is 1.78 bits per heavy atom. The van der Waals surface area contributed by atoms with Crippen LogP contribution >= 0.6 is 0 Å². The molecule has 3 rings (SSSR count). The summed E-state index contributed by atoms with van der Waals surface area (Å²) in [7, 11) is 0. The number of nitrogens with zero attached hydrogens (tertiary/aromatic N) is 2. The number of alkyl halides is 3. The van der Waals surface area contributed by atoms with E-state index in [1.54, 1.807) is 23.1 Å². The summed E-state index contributed by atoms with van der Waals surface area (Å²) >= 11 is 0. The smallest absolute Gasteiger partial charge is 0.399 e. The fourth-order valence-corrected chi connectivity index (χ4v) is 3.25. The highest BCUT2D eigenvalue weighted by atomic mass is 19.4. The lowest BCUT2D eigenvalue weighted by molar-refractivity contribution is -0.137. The van der Waals surface area contributed by atoms with Crippen LogP contribution in [0.4, 0.5) is 18.9 Å². The molecule has 1 saturated heterocycles. The number of aryl methyl sites for hydroxylation is 1. The summed E-state index contributed by atoms with van der Waals surface area (Å²) in [6.07, 6.45) is -4.34. The molecule has 7 heteroatoms. The van der Waals surface area contributed by atoms with Gasteiger partial charge in [0.15, 0.2) is 0 Å². The molecule has 2 aromatic carbocycles. The zero-order valence-corrected chi connectivity index (χ0v) is 15.1. The Hall–Kier alpha value is -2.54. The van der Waals surface area contributed by atoms with Gasteiger partial charge >= 0.3 is 6.18 Å². The molecular formula is C20H22F3N3O. The van der Waals surface area contributed by atoms with Crippen LogP contribution in [0.25, 0.3) is 0 Å². The zero-order valence-electron chi connectivity index (χ0n) is 15.1. The fraction of sp³-hybridized carbons (Fsp3) is 0.350. The standard InChI is InChI=1S/C20H22F3N3O/c1-14-5-6-17(24)12-18(14)19(27)26-9-7-25(8-10-26)13-15-3-2-4-16(11-15)20(21,22)23/h2-6,11-12H,7-10,13,24H2,1H3. The van der Waals surface area contributed by atoms with E-state index in [0.29, 0.717) is 49.5 Å². The number of benzene rings is 2. The van der Waals surface area contributed by atoms with Gasteiger partial charge < -0.3 is 10.6 Å². The Balaban J connectivity index is 1.61. The topological polar surface area (TPSA) is 49.6 Å². The lowest BCUT2D eigenvalue weighted by Gasteiger charge is -2.35. The van der Waals surface area contributed by atoms with Gasteiger partial charge in [0.05, 0.1) is 5.56 Å². The highest BCUT2D eigenvalue weighted by Crippen LogP contribution is 2.29. The van der Waals surface area contributed by atoms with E-state index in [0.717, 1.165) is 11.6 Å². The van der Waals surface area contributed by atoms with Gasteiger partial charge in [0, 0.05) is 44.0 Å². The van der Waals surface area contributed by atoms with Crippen LogP contribution in [0.5, 0.6) is 0 Å².